The number of rotatable bonds is 7. The van der Waals surface area contributed by atoms with Gasteiger partial charge in [0.1, 0.15) is 10.8 Å². The Morgan fingerprint density at radius 2 is 1.82 bits per heavy atom. The van der Waals surface area contributed by atoms with Crippen LogP contribution in [0.25, 0.3) is 11.3 Å². The van der Waals surface area contributed by atoms with Crippen LogP contribution in [0.1, 0.15) is 41.2 Å². The van der Waals surface area contributed by atoms with E-state index in [0.29, 0.717) is 18.5 Å². The SMILES string of the molecule is CC(C)(O)CCc1ccc(C(=O)NCc2nc(-c3ccc(F)cc3)cs2)cc1. The predicted octanol–water partition coefficient (Wildman–Crippen LogP) is 4.58. The van der Waals surface area contributed by atoms with Gasteiger partial charge in [0.25, 0.3) is 5.91 Å². The molecular weight excluding hydrogens is 375 g/mol. The standard InChI is InChI=1S/C22H23FN2O2S/c1-22(2,27)12-11-15-3-5-17(6-4-15)21(26)24-13-20-25-19(14-28-20)16-7-9-18(23)10-8-16/h3-10,14,27H,11-13H2,1-2H3,(H,24,26). The predicted molar refractivity (Wildman–Crippen MR) is 110 cm³/mol. The third-order valence-electron chi connectivity index (χ3n) is 4.33. The molecule has 0 fully saturated rings. The molecule has 0 saturated carbocycles. The first kappa shape index (κ1) is 20.2. The van der Waals surface area contributed by atoms with Crippen molar-refractivity contribution in [3.63, 3.8) is 0 Å². The number of hydrogen-bond acceptors (Lipinski definition) is 4. The molecule has 1 heterocycles. The van der Waals surface area contributed by atoms with Gasteiger partial charge < -0.3 is 10.4 Å². The van der Waals surface area contributed by atoms with Crippen LogP contribution in [0, 0.1) is 5.82 Å². The number of amides is 1. The van der Waals surface area contributed by atoms with E-state index in [1.807, 2.05) is 17.5 Å². The van der Waals surface area contributed by atoms with Crippen molar-refractivity contribution in [3.05, 3.63) is 75.9 Å². The number of aliphatic hydroxyl groups is 1. The van der Waals surface area contributed by atoms with E-state index in [2.05, 4.69) is 10.3 Å². The first-order valence-electron chi connectivity index (χ1n) is 9.10. The molecule has 6 heteroatoms. The molecule has 0 aliphatic carbocycles. The molecule has 146 valence electrons. The minimum atomic E-state index is -0.698. The highest BCUT2D eigenvalue weighted by molar-refractivity contribution is 7.09. The van der Waals surface area contributed by atoms with E-state index in [1.165, 1.54) is 23.5 Å². The molecular formula is C22H23FN2O2S. The molecule has 2 aromatic carbocycles. The zero-order valence-electron chi connectivity index (χ0n) is 15.9. The Morgan fingerprint density at radius 3 is 2.46 bits per heavy atom. The Morgan fingerprint density at radius 1 is 1.14 bits per heavy atom. The lowest BCUT2D eigenvalue weighted by atomic mass is 9.98. The minimum absolute atomic E-state index is 0.160. The molecule has 0 aliphatic heterocycles. The van der Waals surface area contributed by atoms with E-state index in [1.54, 1.807) is 38.1 Å². The van der Waals surface area contributed by atoms with Gasteiger partial charge in [-0.25, -0.2) is 9.37 Å². The monoisotopic (exact) mass is 398 g/mol. The third-order valence-corrected chi connectivity index (χ3v) is 5.18. The van der Waals surface area contributed by atoms with Crippen LogP contribution in [0.3, 0.4) is 0 Å². The maximum atomic E-state index is 13.0. The van der Waals surface area contributed by atoms with Gasteiger partial charge in [-0.15, -0.1) is 11.3 Å². The highest BCUT2D eigenvalue weighted by Crippen LogP contribution is 2.22. The van der Waals surface area contributed by atoms with Crippen LogP contribution in [0.4, 0.5) is 4.39 Å². The van der Waals surface area contributed by atoms with Crippen molar-refractivity contribution >= 4 is 17.2 Å². The zero-order valence-corrected chi connectivity index (χ0v) is 16.7. The van der Waals surface area contributed by atoms with Crippen LogP contribution in [0.5, 0.6) is 0 Å². The number of aryl methyl sites for hydroxylation is 1. The van der Waals surface area contributed by atoms with Gasteiger partial charge in [0, 0.05) is 16.5 Å². The summed E-state index contributed by atoms with van der Waals surface area (Å²) < 4.78 is 13.0. The molecule has 2 N–H and O–H groups in total. The van der Waals surface area contributed by atoms with E-state index in [0.717, 1.165) is 28.2 Å². The van der Waals surface area contributed by atoms with Crippen LogP contribution in [0.2, 0.25) is 0 Å². The topological polar surface area (TPSA) is 62.2 Å². The molecule has 3 aromatic rings. The summed E-state index contributed by atoms with van der Waals surface area (Å²) in [5, 5.41) is 15.4. The summed E-state index contributed by atoms with van der Waals surface area (Å²) in [5.74, 6) is -0.440. The smallest absolute Gasteiger partial charge is 0.251 e. The van der Waals surface area contributed by atoms with Gasteiger partial charge in [0.2, 0.25) is 0 Å². The van der Waals surface area contributed by atoms with Crippen molar-refractivity contribution in [2.45, 2.75) is 38.8 Å². The normalized spacial score (nSPS) is 11.4. The van der Waals surface area contributed by atoms with E-state index in [9.17, 15) is 14.3 Å². The molecule has 0 aliphatic rings. The maximum absolute atomic E-state index is 13.0. The average Bonchev–Trinajstić information content (AvgIpc) is 3.14. The number of carbonyl (C=O) groups is 1. The van der Waals surface area contributed by atoms with Gasteiger partial charge in [0.15, 0.2) is 0 Å². The van der Waals surface area contributed by atoms with Crippen LogP contribution in [-0.2, 0) is 13.0 Å². The second-order valence-electron chi connectivity index (χ2n) is 7.33. The van der Waals surface area contributed by atoms with Gasteiger partial charge >= 0.3 is 0 Å². The number of carbonyl (C=O) groups excluding carboxylic acids is 1. The maximum Gasteiger partial charge on any atom is 0.251 e. The number of aromatic nitrogens is 1. The quantitative estimate of drug-likeness (QED) is 0.612. The number of halogens is 1. The van der Waals surface area contributed by atoms with Crippen molar-refractivity contribution in [1.82, 2.24) is 10.3 Å². The molecule has 0 bridgehead atoms. The molecule has 0 unspecified atom stereocenters. The fraction of sp³-hybridized carbons (Fsp3) is 0.273. The fourth-order valence-corrected chi connectivity index (χ4v) is 3.42. The minimum Gasteiger partial charge on any atom is -0.390 e. The highest BCUT2D eigenvalue weighted by Gasteiger charge is 2.13. The Kier molecular flexibility index (Phi) is 6.21. The van der Waals surface area contributed by atoms with E-state index >= 15 is 0 Å². The molecule has 1 aromatic heterocycles. The number of nitrogens with zero attached hydrogens (tertiary/aromatic N) is 1. The molecule has 4 nitrogen and oxygen atoms in total. The van der Waals surface area contributed by atoms with Crippen molar-refractivity contribution in [2.75, 3.05) is 0 Å². The summed E-state index contributed by atoms with van der Waals surface area (Å²) >= 11 is 1.45. The van der Waals surface area contributed by atoms with E-state index in [-0.39, 0.29) is 11.7 Å². The number of benzene rings is 2. The summed E-state index contributed by atoms with van der Waals surface area (Å²) in [5.41, 5.74) is 2.59. The number of nitrogens with one attached hydrogen (secondary N) is 1. The Labute approximate surface area is 168 Å². The molecule has 0 atom stereocenters. The number of thiazole rings is 1. The first-order chi connectivity index (χ1) is 13.3. The van der Waals surface area contributed by atoms with Gasteiger partial charge in [-0.1, -0.05) is 12.1 Å². The van der Waals surface area contributed by atoms with Gasteiger partial charge in [-0.2, -0.15) is 0 Å². The van der Waals surface area contributed by atoms with Crippen molar-refractivity contribution < 1.29 is 14.3 Å². The molecule has 0 saturated heterocycles. The Bertz CT molecular complexity index is 928. The van der Waals surface area contributed by atoms with Crippen LogP contribution in [-0.4, -0.2) is 21.6 Å². The lowest BCUT2D eigenvalue weighted by Gasteiger charge is -2.16. The van der Waals surface area contributed by atoms with Crippen molar-refractivity contribution in [1.29, 1.82) is 0 Å². The summed E-state index contributed by atoms with van der Waals surface area (Å²) in [7, 11) is 0. The summed E-state index contributed by atoms with van der Waals surface area (Å²) in [6.07, 6.45) is 1.43. The highest BCUT2D eigenvalue weighted by atomic mass is 32.1. The van der Waals surface area contributed by atoms with Gasteiger partial charge in [-0.3, -0.25) is 4.79 Å². The Balaban J connectivity index is 1.55. The summed E-state index contributed by atoms with van der Waals surface area (Å²) in [6.45, 7) is 3.91. The fourth-order valence-electron chi connectivity index (χ4n) is 2.68. The third kappa shape index (κ3) is 5.71. The van der Waals surface area contributed by atoms with Crippen LogP contribution >= 0.6 is 11.3 Å². The largest absolute Gasteiger partial charge is 0.390 e. The summed E-state index contributed by atoms with van der Waals surface area (Å²) in [4.78, 5) is 16.8. The zero-order chi connectivity index (χ0) is 20.1. The molecule has 0 radical (unpaired) electrons. The van der Waals surface area contributed by atoms with E-state index < -0.39 is 5.60 Å². The Hall–Kier alpha value is -2.57. The lowest BCUT2D eigenvalue weighted by Crippen LogP contribution is -2.22. The van der Waals surface area contributed by atoms with Crippen molar-refractivity contribution in [2.24, 2.45) is 0 Å². The van der Waals surface area contributed by atoms with Gasteiger partial charge in [-0.05, 0) is 68.7 Å². The second-order valence-corrected chi connectivity index (χ2v) is 8.27. The molecule has 0 spiro atoms. The van der Waals surface area contributed by atoms with E-state index in [4.69, 9.17) is 0 Å². The van der Waals surface area contributed by atoms with Crippen LogP contribution in [0.15, 0.2) is 53.9 Å². The van der Waals surface area contributed by atoms with Crippen molar-refractivity contribution in [3.8, 4) is 11.3 Å². The molecule has 28 heavy (non-hydrogen) atoms. The molecule has 3 rings (SSSR count). The lowest BCUT2D eigenvalue weighted by molar-refractivity contribution is 0.0713. The molecule has 1 amide bonds. The summed E-state index contributed by atoms with van der Waals surface area (Å²) in [6, 6.07) is 13.6. The van der Waals surface area contributed by atoms with Gasteiger partial charge in [0.05, 0.1) is 17.8 Å². The first-order valence-corrected chi connectivity index (χ1v) is 9.98. The van der Waals surface area contributed by atoms with Crippen LogP contribution < -0.4 is 5.32 Å². The second kappa shape index (κ2) is 8.63. The number of hydrogen-bond donors (Lipinski definition) is 2. The average molecular weight is 399 g/mol.